The molecule has 0 radical (unpaired) electrons. The lowest BCUT2D eigenvalue weighted by Crippen LogP contribution is -2.35. The molecule has 1 N–H and O–H groups in total. The summed E-state index contributed by atoms with van der Waals surface area (Å²) in [6, 6.07) is 13.5. The normalized spacial score (nSPS) is 15.4. The highest BCUT2D eigenvalue weighted by Crippen LogP contribution is 2.30. The van der Waals surface area contributed by atoms with Gasteiger partial charge < -0.3 is 19.5 Å². The minimum atomic E-state index is -0.157. The summed E-state index contributed by atoms with van der Waals surface area (Å²) in [5.74, 6) is 1.33. The van der Waals surface area contributed by atoms with Gasteiger partial charge in [-0.1, -0.05) is 18.2 Å². The van der Waals surface area contributed by atoms with Crippen molar-refractivity contribution in [3.8, 4) is 11.5 Å². The van der Waals surface area contributed by atoms with E-state index in [9.17, 15) is 4.79 Å². The van der Waals surface area contributed by atoms with Crippen LogP contribution < -0.4 is 14.8 Å². The topological polar surface area (TPSA) is 60.0 Å². The molecule has 1 heterocycles. The third-order valence-corrected chi connectivity index (χ3v) is 5.11. The first-order valence-corrected chi connectivity index (χ1v) is 10.7. The van der Waals surface area contributed by atoms with Gasteiger partial charge >= 0.3 is 0 Å². The molecule has 30 heavy (non-hydrogen) atoms. The Labute approximate surface area is 179 Å². The van der Waals surface area contributed by atoms with E-state index in [1.807, 2.05) is 57.2 Å². The average molecular weight is 413 g/mol. The molecule has 3 rings (SSSR count). The molecule has 6 heteroatoms. The number of rotatable bonds is 9. The number of carbonyl (C=O) groups excluding carboxylic acids is 1. The summed E-state index contributed by atoms with van der Waals surface area (Å²) in [6.45, 7) is 11.2. The standard InChI is InChI=1S/C24H32N2O4/c1-4-29-22-10-9-20(16-23(22)30-5-2)18(3)25-24(27)21-8-6-7-19(15-21)17-26-11-13-28-14-12-26/h6-10,15-16,18H,4-5,11-14,17H2,1-3H3,(H,25,27)/t18-/m0/s1. The van der Waals surface area contributed by atoms with Gasteiger partial charge in [0.15, 0.2) is 11.5 Å². The Balaban J connectivity index is 1.66. The molecule has 1 atom stereocenters. The second kappa shape index (κ2) is 11.0. The third-order valence-electron chi connectivity index (χ3n) is 5.11. The van der Waals surface area contributed by atoms with E-state index < -0.39 is 0 Å². The second-order valence-electron chi connectivity index (χ2n) is 7.36. The molecule has 2 aromatic rings. The molecule has 6 nitrogen and oxygen atoms in total. The summed E-state index contributed by atoms with van der Waals surface area (Å²) in [4.78, 5) is 15.2. The molecule has 0 spiro atoms. The minimum absolute atomic E-state index is 0.0850. The Morgan fingerprint density at radius 2 is 1.80 bits per heavy atom. The van der Waals surface area contributed by atoms with Gasteiger partial charge in [0, 0.05) is 25.2 Å². The summed E-state index contributed by atoms with van der Waals surface area (Å²) in [5.41, 5.74) is 2.78. The van der Waals surface area contributed by atoms with E-state index in [4.69, 9.17) is 14.2 Å². The van der Waals surface area contributed by atoms with Crippen LogP contribution in [0, 0.1) is 0 Å². The van der Waals surface area contributed by atoms with Gasteiger partial charge in [0.2, 0.25) is 0 Å². The van der Waals surface area contributed by atoms with Crippen molar-refractivity contribution in [2.45, 2.75) is 33.4 Å². The first-order valence-electron chi connectivity index (χ1n) is 10.7. The molecular formula is C24H32N2O4. The van der Waals surface area contributed by atoms with Crippen molar-refractivity contribution in [2.75, 3.05) is 39.5 Å². The van der Waals surface area contributed by atoms with Crippen LogP contribution in [0.1, 0.15) is 48.3 Å². The predicted molar refractivity (Wildman–Crippen MR) is 117 cm³/mol. The Morgan fingerprint density at radius 3 is 2.53 bits per heavy atom. The monoisotopic (exact) mass is 412 g/mol. The van der Waals surface area contributed by atoms with Crippen molar-refractivity contribution in [3.05, 3.63) is 59.2 Å². The highest BCUT2D eigenvalue weighted by molar-refractivity contribution is 5.94. The molecule has 0 aliphatic carbocycles. The number of carbonyl (C=O) groups is 1. The van der Waals surface area contributed by atoms with Crippen LogP contribution in [0.25, 0.3) is 0 Å². The van der Waals surface area contributed by atoms with Gasteiger partial charge in [-0.3, -0.25) is 9.69 Å². The summed E-state index contributed by atoms with van der Waals surface area (Å²) in [6.07, 6.45) is 0. The molecule has 1 saturated heterocycles. The first kappa shape index (κ1) is 22.1. The lowest BCUT2D eigenvalue weighted by atomic mass is 10.1. The van der Waals surface area contributed by atoms with Crippen molar-refractivity contribution in [1.29, 1.82) is 0 Å². The number of amides is 1. The fourth-order valence-corrected chi connectivity index (χ4v) is 3.53. The third kappa shape index (κ3) is 5.97. The van der Waals surface area contributed by atoms with Crippen LogP contribution in [0.2, 0.25) is 0 Å². The highest BCUT2D eigenvalue weighted by Gasteiger charge is 2.16. The zero-order valence-corrected chi connectivity index (χ0v) is 18.1. The van der Waals surface area contributed by atoms with Gasteiger partial charge in [0.05, 0.1) is 32.5 Å². The van der Waals surface area contributed by atoms with Crippen molar-refractivity contribution < 1.29 is 19.0 Å². The maximum atomic E-state index is 12.9. The second-order valence-corrected chi connectivity index (χ2v) is 7.36. The predicted octanol–water partition coefficient (Wildman–Crippen LogP) is 3.81. The molecule has 0 unspecified atom stereocenters. The lowest BCUT2D eigenvalue weighted by Gasteiger charge is -2.26. The van der Waals surface area contributed by atoms with E-state index in [1.54, 1.807) is 0 Å². The van der Waals surface area contributed by atoms with Crippen LogP contribution in [0.3, 0.4) is 0 Å². The number of ether oxygens (including phenoxy) is 3. The highest BCUT2D eigenvalue weighted by atomic mass is 16.5. The number of hydrogen-bond donors (Lipinski definition) is 1. The summed E-state index contributed by atoms with van der Waals surface area (Å²) < 4.78 is 16.7. The Hall–Kier alpha value is -2.57. The Morgan fingerprint density at radius 1 is 1.07 bits per heavy atom. The zero-order valence-electron chi connectivity index (χ0n) is 18.1. The van der Waals surface area contributed by atoms with Crippen LogP contribution in [-0.2, 0) is 11.3 Å². The van der Waals surface area contributed by atoms with Gasteiger partial charge in [-0.15, -0.1) is 0 Å². The van der Waals surface area contributed by atoms with Crippen LogP contribution in [0.4, 0.5) is 0 Å². The molecule has 0 bridgehead atoms. The van der Waals surface area contributed by atoms with Gasteiger partial charge in [-0.25, -0.2) is 0 Å². The van der Waals surface area contributed by atoms with E-state index in [0.29, 0.717) is 24.5 Å². The number of nitrogens with one attached hydrogen (secondary N) is 1. The van der Waals surface area contributed by atoms with Crippen LogP contribution in [-0.4, -0.2) is 50.3 Å². The van der Waals surface area contributed by atoms with Gasteiger partial charge in [-0.05, 0) is 56.2 Å². The van der Waals surface area contributed by atoms with E-state index in [1.165, 1.54) is 0 Å². The smallest absolute Gasteiger partial charge is 0.251 e. The van der Waals surface area contributed by atoms with Crippen molar-refractivity contribution in [2.24, 2.45) is 0 Å². The molecular weight excluding hydrogens is 380 g/mol. The number of morpholine rings is 1. The lowest BCUT2D eigenvalue weighted by molar-refractivity contribution is 0.0342. The van der Waals surface area contributed by atoms with E-state index in [-0.39, 0.29) is 11.9 Å². The summed E-state index contributed by atoms with van der Waals surface area (Å²) in [5, 5.41) is 3.10. The maximum Gasteiger partial charge on any atom is 0.251 e. The number of hydrogen-bond acceptors (Lipinski definition) is 5. The Kier molecular flexibility index (Phi) is 8.11. The van der Waals surface area contributed by atoms with E-state index in [2.05, 4.69) is 16.3 Å². The van der Waals surface area contributed by atoms with Gasteiger partial charge in [0.1, 0.15) is 0 Å². The average Bonchev–Trinajstić information content (AvgIpc) is 2.76. The molecule has 0 aromatic heterocycles. The fourth-order valence-electron chi connectivity index (χ4n) is 3.53. The van der Waals surface area contributed by atoms with Crippen molar-refractivity contribution in [3.63, 3.8) is 0 Å². The van der Waals surface area contributed by atoms with E-state index >= 15 is 0 Å². The molecule has 2 aromatic carbocycles. The largest absolute Gasteiger partial charge is 0.490 e. The van der Waals surface area contributed by atoms with Gasteiger partial charge in [-0.2, -0.15) is 0 Å². The first-order chi connectivity index (χ1) is 14.6. The number of nitrogens with zero attached hydrogens (tertiary/aromatic N) is 1. The van der Waals surface area contributed by atoms with Crippen LogP contribution >= 0.6 is 0 Å². The Bertz CT molecular complexity index is 834. The van der Waals surface area contributed by atoms with E-state index in [0.717, 1.165) is 49.7 Å². The molecule has 162 valence electrons. The minimum Gasteiger partial charge on any atom is -0.490 e. The van der Waals surface area contributed by atoms with Gasteiger partial charge in [0.25, 0.3) is 5.91 Å². The van der Waals surface area contributed by atoms with Crippen LogP contribution in [0.15, 0.2) is 42.5 Å². The fraction of sp³-hybridized carbons (Fsp3) is 0.458. The van der Waals surface area contributed by atoms with Crippen molar-refractivity contribution >= 4 is 5.91 Å². The molecule has 1 fully saturated rings. The summed E-state index contributed by atoms with van der Waals surface area (Å²) >= 11 is 0. The molecule has 1 amide bonds. The number of benzene rings is 2. The SMILES string of the molecule is CCOc1ccc([C@H](C)NC(=O)c2cccc(CN3CCOCC3)c2)cc1OCC. The molecule has 0 saturated carbocycles. The summed E-state index contributed by atoms with van der Waals surface area (Å²) in [7, 11) is 0. The zero-order chi connectivity index (χ0) is 21.3. The molecule has 1 aliphatic rings. The van der Waals surface area contributed by atoms with Crippen LogP contribution in [0.5, 0.6) is 11.5 Å². The quantitative estimate of drug-likeness (QED) is 0.679. The maximum absolute atomic E-state index is 12.9. The molecule has 1 aliphatic heterocycles. The van der Waals surface area contributed by atoms with Crippen molar-refractivity contribution in [1.82, 2.24) is 10.2 Å².